The zero-order valence-corrected chi connectivity index (χ0v) is 19.1. The van der Waals surface area contributed by atoms with E-state index in [0.29, 0.717) is 18.6 Å². The third-order valence-corrected chi connectivity index (χ3v) is 6.03. The number of hydrogen-bond donors (Lipinski definition) is 1. The molecule has 0 aromatic rings. The molecule has 0 unspecified atom stereocenters. The van der Waals surface area contributed by atoms with E-state index in [1.165, 1.54) is 96.4 Å². The molecule has 0 rings (SSSR count). The first kappa shape index (κ1) is 25.9. The minimum absolute atomic E-state index is 0.323. The molecule has 2 heteroatoms. The number of aliphatic hydroxyl groups excluding tert-OH is 1. The van der Waals surface area contributed by atoms with Crippen molar-refractivity contribution in [2.24, 2.45) is 5.92 Å². The van der Waals surface area contributed by atoms with Gasteiger partial charge in [-0.1, -0.05) is 97.8 Å². The summed E-state index contributed by atoms with van der Waals surface area (Å²) >= 11 is 0. The van der Waals surface area contributed by atoms with E-state index in [0.717, 1.165) is 10.9 Å². The van der Waals surface area contributed by atoms with Crippen molar-refractivity contribution in [3.63, 3.8) is 0 Å². The van der Waals surface area contributed by atoms with Gasteiger partial charge in [-0.3, -0.25) is 0 Å². The lowest BCUT2D eigenvalue weighted by Gasteiger charge is -2.38. The molecule has 1 atom stereocenters. The van der Waals surface area contributed by atoms with E-state index in [2.05, 4.69) is 34.9 Å². The van der Waals surface area contributed by atoms with E-state index in [1.807, 2.05) is 0 Å². The van der Waals surface area contributed by atoms with Crippen LogP contribution in [0.25, 0.3) is 0 Å². The second kappa shape index (κ2) is 17.0. The molecular weight excluding hydrogens is 318 g/mol. The molecule has 0 aliphatic heterocycles. The highest BCUT2D eigenvalue weighted by atomic mass is 16.3. The third kappa shape index (κ3) is 15.0. The second-order valence-corrected chi connectivity index (χ2v) is 9.56. The molecule has 0 spiro atoms. The molecule has 0 aromatic heterocycles. The van der Waals surface area contributed by atoms with Crippen molar-refractivity contribution in [2.45, 2.75) is 123 Å². The number of rotatable bonds is 19. The lowest BCUT2D eigenvalue weighted by atomic mass is 10.0. The Kier molecular flexibility index (Phi) is 17.0. The summed E-state index contributed by atoms with van der Waals surface area (Å²) in [6, 6.07) is 0.400. The highest BCUT2D eigenvalue weighted by Gasteiger charge is 2.27. The van der Waals surface area contributed by atoms with Crippen LogP contribution in [-0.4, -0.2) is 42.9 Å². The van der Waals surface area contributed by atoms with Crippen LogP contribution in [0.3, 0.4) is 0 Å². The van der Waals surface area contributed by atoms with Crippen molar-refractivity contribution in [3.05, 3.63) is 0 Å². The van der Waals surface area contributed by atoms with Crippen LogP contribution in [0.2, 0.25) is 0 Å². The van der Waals surface area contributed by atoms with Crippen LogP contribution in [0.5, 0.6) is 0 Å². The van der Waals surface area contributed by atoms with Gasteiger partial charge in [0.05, 0.1) is 27.2 Å². The average molecular weight is 371 g/mol. The van der Waals surface area contributed by atoms with E-state index in [4.69, 9.17) is 0 Å². The molecule has 0 saturated heterocycles. The minimum Gasteiger partial charge on any atom is -0.390 e. The maximum absolute atomic E-state index is 9.71. The Bertz CT molecular complexity index is 288. The maximum Gasteiger partial charge on any atom is 0.112 e. The van der Waals surface area contributed by atoms with E-state index in [1.54, 1.807) is 0 Å². The van der Waals surface area contributed by atoms with Crippen LogP contribution < -0.4 is 0 Å². The smallest absolute Gasteiger partial charge is 0.112 e. The second-order valence-electron chi connectivity index (χ2n) is 9.56. The standard InChI is InChI=1S/C24H52NO/c1-6-7-8-9-10-11-12-13-14-15-16-17-18-19-20-25(4,5)24(22-26)21-23(2)3/h23-24,26H,6-22H2,1-5H3/q+1/t24-/m0/s1. The van der Waals surface area contributed by atoms with Gasteiger partial charge in [0.25, 0.3) is 0 Å². The first-order valence-corrected chi connectivity index (χ1v) is 11.9. The first-order chi connectivity index (χ1) is 12.4. The maximum atomic E-state index is 9.71. The predicted octanol–water partition coefficient (Wildman–Crippen LogP) is 6.95. The number of quaternary nitrogens is 1. The number of nitrogens with zero attached hydrogens (tertiary/aromatic N) is 1. The molecule has 0 aliphatic rings. The van der Waals surface area contributed by atoms with Gasteiger partial charge in [0.15, 0.2) is 0 Å². The van der Waals surface area contributed by atoms with Crippen LogP contribution in [-0.2, 0) is 0 Å². The Balaban J connectivity index is 3.47. The minimum atomic E-state index is 0.323. The fraction of sp³-hybridized carbons (Fsp3) is 1.00. The molecule has 26 heavy (non-hydrogen) atoms. The molecule has 0 heterocycles. The highest BCUT2D eigenvalue weighted by molar-refractivity contribution is 4.60. The summed E-state index contributed by atoms with van der Waals surface area (Å²) in [5.41, 5.74) is 0. The number of likely N-dealkylation sites (N-methyl/N-ethyl adjacent to an activating group) is 1. The van der Waals surface area contributed by atoms with Gasteiger partial charge in [-0.05, 0) is 18.8 Å². The Morgan fingerprint density at radius 1 is 0.654 bits per heavy atom. The van der Waals surface area contributed by atoms with Crippen LogP contribution in [0.1, 0.15) is 117 Å². The quantitative estimate of drug-likeness (QED) is 0.193. The van der Waals surface area contributed by atoms with Crippen LogP contribution in [0, 0.1) is 5.92 Å². The van der Waals surface area contributed by atoms with Gasteiger partial charge in [-0.15, -0.1) is 0 Å². The summed E-state index contributed by atoms with van der Waals surface area (Å²) in [4.78, 5) is 0. The topological polar surface area (TPSA) is 20.2 Å². The summed E-state index contributed by atoms with van der Waals surface area (Å²) in [5, 5.41) is 9.71. The van der Waals surface area contributed by atoms with Gasteiger partial charge < -0.3 is 9.59 Å². The Morgan fingerprint density at radius 2 is 1.04 bits per heavy atom. The average Bonchev–Trinajstić information content (AvgIpc) is 2.59. The SMILES string of the molecule is CCCCCCCCCCCCCCCC[N+](C)(C)[C@H](CO)CC(C)C. The van der Waals surface area contributed by atoms with Gasteiger partial charge in [0.1, 0.15) is 6.04 Å². The summed E-state index contributed by atoms with van der Waals surface area (Å²) in [7, 11) is 4.59. The molecule has 0 radical (unpaired) electrons. The van der Waals surface area contributed by atoms with Crippen molar-refractivity contribution in [1.29, 1.82) is 0 Å². The molecule has 2 nitrogen and oxygen atoms in total. The molecule has 0 fully saturated rings. The van der Waals surface area contributed by atoms with E-state index in [-0.39, 0.29) is 0 Å². The summed E-state index contributed by atoms with van der Waals surface area (Å²) < 4.78 is 0.979. The van der Waals surface area contributed by atoms with Gasteiger partial charge >= 0.3 is 0 Å². The zero-order valence-electron chi connectivity index (χ0n) is 19.1. The fourth-order valence-corrected chi connectivity index (χ4v) is 4.02. The zero-order chi connectivity index (χ0) is 19.7. The van der Waals surface area contributed by atoms with Gasteiger partial charge in [-0.25, -0.2) is 0 Å². The first-order valence-electron chi connectivity index (χ1n) is 11.9. The molecule has 1 N–H and O–H groups in total. The summed E-state index contributed by atoms with van der Waals surface area (Å²) in [6.45, 7) is 8.34. The van der Waals surface area contributed by atoms with Crippen molar-refractivity contribution >= 4 is 0 Å². The summed E-state index contributed by atoms with van der Waals surface area (Å²) in [5.74, 6) is 0.667. The summed E-state index contributed by atoms with van der Waals surface area (Å²) in [6.07, 6.45) is 21.0. The molecule has 0 bridgehead atoms. The van der Waals surface area contributed by atoms with Crippen LogP contribution in [0.4, 0.5) is 0 Å². The van der Waals surface area contributed by atoms with Crippen LogP contribution in [0.15, 0.2) is 0 Å². The Morgan fingerprint density at radius 3 is 1.38 bits per heavy atom. The van der Waals surface area contributed by atoms with Gasteiger partial charge in [-0.2, -0.15) is 0 Å². The normalized spacial score (nSPS) is 13.5. The van der Waals surface area contributed by atoms with Crippen molar-refractivity contribution in [3.8, 4) is 0 Å². The van der Waals surface area contributed by atoms with Crippen molar-refractivity contribution in [2.75, 3.05) is 27.2 Å². The third-order valence-electron chi connectivity index (χ3n) is 6.03. The fourth-order valence-electron chi connectivity index (χ4n) is 4.02. The monoisotopic (exact) mass is 370 g/mol. The van der Waals surface area contributed by atoms with Crippen molar-refractivity contribution < 1.29 is 9.59 Å². The number of aliphatic hydroxyl groups is 1. The molecule has 0 aliphatic carbocycles. The van der Waals surface area contributed by atoms with E-state index in [9.17, 15) is 5.11 Å². The number of unbranched alkanes of at least 4 members (excludes halogenated alkanes) is 13. The molecular formula is C24H52NO+. The lowest BCUT2D eigenvalue weighted by molar-refractivity contribution is -0.916. The van der Waals surface area contributed by atoms with E-state index < -0.39 is 0 Å². The lowest BCUT2D eigenvalue weighted by Crippen LogP contribution is -2.51. The molecule has 0 aromatic carbocycles. The Hall–Kier alpha value is -0.0800. The molecule has 158 valence electrons. The van der Waals surface area contributed by atoms with E-state index >= 15 is 0 Å². The van der Waals surface area contributed by atoms with Gasteiger partial charge in [0, 0.05) is 6.42 Å². The highest BCUT2D eigenvalue weighted by Crippen LogP contribution is 2.18. The predicted molar refractivity (Wildman–Crippen MR) is 118 cm³/mol. The molecule has 0 saturated carbocycles. The largest absolute Gasteiger partial charge is 0.390 e. The van der Waals surface area contributed by atoms with Crippen LogP contribution >= 0.6 is 0 Å². The number of hydrogen-bond acceptors (Lipinski definition) is 1. The molecule has 0 amide bonds. The Labute approximate surface area is 166 Å². The van der Waals surface area contributed by atoms with Crippen molar-refractivity contribution in [1.82, 2.24) is 0 Å². The van der Waals surface area contributed by atoms with Gasteiger partial charge in [0.2, 0.25) is 0 Å².